The average molecular weight is 552 g/mol. The molecule has 3 rings (SSSR count). The van der Waals surface area contributed by atoms with E-state index >= 15 is 0 Å². The summed E-state index contributed by atoms with van der Waals surface area (Å²) in [5.74, 6) is 1.70. The van der Waals surface area contributed by atoms with Crippen molar-refractivity contribution in [1.82, 2.24) is 20.4 Å². The topological polar surface area (TPSA) is 52.1 Å². The van der Waals surface area contributed by atoms with Crippen LogP contribution < -0.4 is 15.4 Å². The predicted octanol–water partition coefficient (Wildman–Crippen LogP) is 3.71. The van der Waals surface area contributed by atoms with E-state index in [4.69, 9.17) is 9.73 Å². The molecule has 176 valence electrons. The molecule has 0 spiro atoms. The Hall–Kier alpha value is -1.84. The van der Waals surface area contributed by atoms with E-state index in [9.17, 15) is 0 Å². The summed E-state index contributed by atoms with van der Waals surface area (Å²) in [4.78, 5) is 9.74. The van der Waals surface area contributed by atoms with Crippen LogP contribution in [-0.4, -0.2) is 62.6 Å². The van der Waals surface area contributed by atoms with Gasteiger partial charge in [-0.3, -0.25) is 4.90 Å². The Labute approximate surface area is 210 Å². The summed E-state index contributed by atoms with van der Waals surface area (Å²) in [6, 6.07) is 16.9. The lowest BCUT2D eigenvalue weighted by Gasteiger charge is -2.20. The van der Waals surface area contributed by atoms with Crippen LogP contribution >= 0.6 is 24.0 Å². The van der Waals surface area contributed by atoms with E-state index < -0.39 is 0 Å². The lowest BCUT2D eigenvalue weighted by molar-refractivity contribution is 0.269. The Balaban J connectivity index is 0.00000363. The van der Waals surface area contributed by atoms with Gasteiger partial charge in [-0.1, -0.05) is 42.5 Å². The van der Waals surface area contributed by atoms with Gasteiger partial charge in [-0.25, -0.2) is 4.99 Å². The van der Waals surface area contributed by atoms with Gasteiger partial charge in [0.05, 0.1) is 13.7 Å². The number of ether oxygens (including phenoxy) is 1. The minimum atomic E-state index is 0. The third-order valence-electron chi connectivity index (χ3n) is 5.64. The van der Waals surface area contributed by atoms with Gasteiger partial charge in [0, 0.05) is 38.3 Å². The molecule has 7 heteroatoms. The molecule has 0 aromatic heterocycles. The maximum Gasteiger partial charge on any atom is 0.191 e. The number of methoxy groups -OCH3 is 1. The molecule has 2 aromatic rings. The van der Waals surface area contributed by atoms with Gasteiger partial charge in [0.25, 0.3) is 0 Å². The third-order valence-corrected chi connectivity index (χ3v) is 5.64. The van der Waals surface area contributed by atoms with E-state index in [1.165, 1.54) is 30.6 Å². The van der Waals surface area contributed by atoms with Crippen molar-refractivity contribution in [3.8, 4) is 5.75 Å². The average Bonchev–Trinajstić information content (AvgIpc) is 3.00. The van der Waals surface area contributed by atoms with E-state index in [0.717, 1.165) is 43.5 Å². The second-order valence-electron chi connectivity index (χ2n) is 8.11. The first-order valence-electron chi connectivity index (χ1n) is 11.3. The lowest BCUT2D eigenvalue weighted by atomic mass is 10.1. The highest BCUT2D eigenvalue weighted by atomic mass is 127. The first-order valence-corrected chi connectivity index (χ1v) is 11.3. The Morgan fingerprint density at radius 2 is 1.72 bits per heavy atom. The van der Waals surface area contributed by atoms with Crippen LogP contribution in [0.1, 0.15) is 30.0 Å². The minimum Gasteiger partial charge on any atom is -0.496 e. The van der Waals surface area contributed by atoms with Crippen LogP contribution in [0.3, 0.4) is 0 Å². The zero-order chi connectivity index (χ0) is 21.9. The maximum absolute atomic E-state index is 5.44. The monoisotopic (exact) mass is 551 g/mol. The summed E-state index contributed by atoms with van der Waals surface area (Å²) in [5, 5.41) is 6.73. The summed E-state index contributed by atoms with van der Waals surface area (Å²) in [6.45, 7) is 9.93. The Kier molecular flexibility index (Phi) is 11.8. The standard InChI is InChI=1S/C25H37N5O.HI/c1-4-26-25(28-19-23-8-5-6-9-24(23)31-3)27-18-21-10-12-22(13-11-21)20-30-15-7-14-29(2)16-17-30;/h5-6,8-13H,4,7,14-20H2,1-3H3,(H2,26,27,28);1H. The summed E-state index contributed by atoms with van der Waals surface area (Å²) in [7, 11) is 3.92. The van der Waals surface area contributed by atoms with Crippen molar-refractivity contribution in [2.24, 2.45) is 4.99 Å². The Morgan fingerprint density at radius 3 is 2.47 bits per heavy atom. The van der Waals surface area contributed by atoms with Gasteiger partial charge in [-0.2, -0.15) is 0 Å². The molecule has 0 bridgehead atoms. The molecule has 1 saturated heterocycles. The third kappa shape index (κ3) is 8.60. The number of halogens is 1. The highest BCUT2D eigenvalue weighted by Gasteiger charge is 2.12. The number of hydrogen-bond acceptors (Lipinski definition) is 4. The van der Waals surface area contributed by atoms with Crippen molar-refractivity contribution in [3.63, 3.8) is 0 Å². The van der Waals surface area contributed by atoms with Crippen LogP contribution in [0.25, 0.3) is 0 Å². The first kappa shape index (κ1) is 26.4. The number of para-hydroxylation sites is 1. The van der Waals surface area contributed by atoms with E-state index in [1.807, 2.05) is 18.2 Å². The van der Waals surface area contributed by atoms with Crippen molar-refractivity contribution in [3.05, 3.63) is 65.2 Å². The zero-order valence-corrected chi connectivity index (χ0v) is 22.0. The van der Waals surface area contributed by atoms with Crippen molar-refractivity contribution in [2.75, 3.05) is 46.9 Å². The molecule has 0 saturated carbocycles. The second kappa shape index (κ2) is 14.3. The molecule has 1 heterocycles. The van der Waals surface area contributed by atoms with Crippen LogP contribution in [0, 0.1) is 0 Å². The van der Waals surface area contributed by atoms with Crippen molar-refractivity contribution in [1.29, 1.82) is 0 Å². The second-order valence-corrected chi connectivity index (χ2v) is 8.11. The van der Waals surface area contributed by atoms with Crippen LogP contribution in [0.4, 0.5) is 0 Å². The van der Waals surface area contributed by atoms with Gasteiger partial charge in [-0.15, -0.1) is 24.0 Å². The molecule has 1 fully saturated rings. The normalized spacial score (nSPS) is 15.5. The quantitative estimate of drug-likeness (QED) is 0.298. The maximum atomic E-state index is 5.44. The molecule has 1 aliphatic rings. The smallest absolute Gasteiger partial charge is 0.191 e. The number of guanidine groups is 1. The zero-order valence-electron chi connectivity index (χ0n) is 19.6. The number of hydrogen-bond donors (Lipinski definition) is 2. The van der Waals surface area contributed by atoms with Crippen LogP contribution in [0.15, 0.2) is 53.5 Å². The van der Waals surface area contributed by atoms with E-state index in [1.54, 1.807) is 7.11 Å². The Morgan fingerprint density at radius 1 is 0.969 bits per heavy atom. The molecule has 0 aliphatic carbocycles. The molecule has 0 unspecified atom stereocenters. The van der Waals surface area contributed by atoms with Crippen molar-refractivity contribution in [2.45, 2.75) is 33.0 Å². The highest BCUT2D eigenvalue weighted by molar-refractivity contribution is 14.0. The molecular formula is C25H38IN5O. The van der Waals surface area contributed by atoms with Gasteiger partial charge < -0.3 is 20.3 Å². The van der Waals surface area contributed by atoms with Crippen LogP contribution in [0.5, 0.6) is 5.75 Å². The number of likely N-dealkylation sites (N-methyl/N-ethyl adjacent to an activating group) is 1. The summed E-state index contributed by atoms with van der Waals surface area (Å²) in [6.07, 6.45) is 1.25. The molecular weight excluding hydrogens is 513 g/mol. The fraction of sp³-hybridized carbons (Fsp3) is 0.480. The van der Waals surface area contributed by atoms with E-state index in [2.05, 4.69) is 64.7 Å². The first-order chi connectivity index (χ1) is 15.2. The molecule has 2 aromatic carbocycles. The predicted molar refractivity (Wildman–Crippen MR) is 144 cm³/mol. The fourth-order valence-corrected chi connectivity index (χ4v) is 3.81. The fourth-order valence-electron chi connectivity index (χ4n) is 3.81. The largest absolute Gasteiger partial charge is 0.496 e. The molecule has 0 amide bonds. The number of benzene rings is 2. The summed E-state index contributed by atoms with van der Waals surface area (Å²) in [5.41, 5.74) is 3.70. The number of rotatable bonds is 8. The minimum absolute atomic E-state index is 0. The van der Waals surface area contributed by atoms with E-state index in [0.29, 0.717) is 13.1 Å². The van der Waals surface area contributed by atoms with Gasteiger partial charge in [0.15, 0.2) is 5.96 Å². The lowest BCUT2D eigenvalue weighted by Crippen LogP contribution is -2.36. The highest BCUT2D eigenvalue weighted by Crippen LogP contribution is 2.16. The molecule has 2 N–H and O–H groups in total. The summed E-state index contributed by atoms with van der Waals surface area (Å²) < 4.78 is 5.44. The molecule has 0 atom stereocenters. The number of nitrogens with one attached hydrogen (secondary N) is 2. The number of nitrogens with zero attached hydrogens (tertiary/aromatic N) is 3. The SMILES string of the molecule is CCNC(=NCc1ccc(CN2CCCN(C)CC2)cc1)NCc1ccccc1OC.I. The van der Waals surface area contributed by atoms with Gasteiger partial charge in [0.2, 0.25) is 0 Å². The van der Waals surface area contributed by atoms with Crippen LogP contribution in [0.2, 0.25) is 0 Å². The van der Waals surface area contributed by atoms with Crippen molar-refractivity contribution < 1.29 is 4.74 Å². The van der Waals surface area contributed by atoms with Gasteiger partial charge in [-0.05, 0) is 50.7 Å². The van der Waals surface area contributed by atoms with Gasteiger partial charge in [0.1, 0.15) is 5.75 Å². The molecule has 6 nitrogen and oxygen atoms in total. The van der Waals surface area contributed by atoms with Gasteiger partial charge >= 0.3 is 0 Å². The number of aliphatic imine (C=N–C) groups is 1. The van der Waals surface area contributed by atoms with Crippen LogP contribution in [-0.2, 0) is 19.6 Å². The molecule has 32 heavy (non-hydrogen) atoms. The summed E-state index contributed by atoms with van der Waals surface area (Å²) >= 11 is 0. The Bertz CT molecular complexity index is 827. The molecule has 1 aliphatic heterocycles. The van der Waals surface area contributed by atoms with Crippen molar-refractivity contribution >= 4 is 29.9 Å². The van der Waals surface area contributed by atoms with E-state index in [-0.39, 0.29) is 24.0 Å². The molecule has 0 radical (unpaired) electrons.